The Balaban J connectivity index is 1.51. The van der Waals surface area contributed by atoms with Crippen molar-refractivity contribution in [3.63, 3.8) is 0 Å². The van der Waals surface area contributed by atoms with Gasteiger partial charge in [0, 0.05) is 30.5 Å². The quantitative estimate of drug-likeness (QED) is 0.804. The first-order valence-electron chi connectivity index (χ1n) is 9.54. The molecule has 6 nitrogen and oxygen atoms in total. The number of aliphatic carboxylic acids is 1. The predicted molar refractivity (Wildman–Crippen MR) is 110 cm³/mol. The minimum atomic E-state index is -0.981. The number of hydrogen-bond acceptors (Lipinski definition) is 3. The Morgan fingerprint density at radius 1 is 0.929 bits per heavy atom. The summed E-state index contributed by atoms with van der Waals surface area (Å²) in [5.41, 5.74) is 5.24. The van der Waals surface area contributed by atoms with Crippen LogP contribution in [-0.2, 0) is 17.6 Å². The first kappa shape index (κ1) is 18.3. The third-order valence-corrected chi connectivity index (χ3v) is 5.28. The Bertz CT molecular complexity index is 921. The second-order valence-electron chi connectivity index (χ2n) is 7.05. The van der Waals surface area contributed by atoms with Crippen molar-refractivity contribution in [2.24, 2.45) is 0 Å². The van der Waals surface area contributed by atoms with Crippen LogP contribution < -0.4 is 15.1 Å². The van der Waals surface area contributed by atoms with E-state index in [9.17, 15) is 9.59 Å². The number of anilines is 2. The highest BCUT2D eigenvalue weighted by molar-refractivity contribution is 6.06. The van der Waals surface area contributed by atoms with Crippen molar-refractivity contribution in [2.45, 2.75) is 12.8 Å². The van der Waals surface area contributed by atoms with Gasteiger partial charge in [-0.3, -0.25) is 9.80 Å². The number of nitrogens with zero attached hydrogens (tertiary/aromatic N) is 2. The van der Waals surface area contributed by atoms with Crippen LogP contribution in [0.5, 0.6) is 0 Å². The van der Waals surface area contributed by atoms with Gasteiger partial charge in [0.05, 0.1) is 0 Å². The number of carbonyl (C=O) groups is 2. The molecule has 6 heteroatoms. The third-order valence-electron chi connectivity index (χ3n) is 5.28. The number of nitrogens with one attached hydrogen (secondary N) is 1. The normalized spacial score (nSPS) is 17.1. The minimum absolute atomic E-state index is 0.0273. The molecule has 0 bridgehead atoms. The summed E-state index contributed by atoms with van der Waals surface area (Å²) in [6.07, 6.45) is 4.65. The van der Waals surface area contributed by atoms with Gasteiger partial charge in [-0.1, -0.05) is 18.2 Å². The molecule has 0 saturated carbocycles. The lowest BCUT2D eigenvalue weighted by Gasteiger charge is -2.20. The van der Waals surface area contributed by atoms with Gasteiger partial charge in [0.1, 0.15) is 0 Å². The van der Waals surface area contributed by atoms with E-state index in [-0.39, 0.29) is 6.03 Å². The molecule has 28 heavy (non-hydrogen) atoms. The summed E-state index contributed by atoms with van der Waals surface area (Å²) in [5.74, 6) is -0.981. The van der Waals surface area contributed by atoms with Gasteiger partial charge in [-0.05, 0) is 73.0 Å². The van der Waals surface area contributed by atoms with Crippen LogP contribution in [0.25, 0.3) is 6.08 Å². The van der Waals surface area contributed by atoms with Crippen LogP contribution >= 0.6 is 0 Å². The van der Waals surface area contributed by atoms with Gasteiger partial charge < -0.3 is 10.4 Å². The van der Waals surface area contributed by atoms with Crippen molar-refractivity contribution in [1.29, 1.82) is 0 Å². The number of carbonyl (C=O) groups excluding carboxylic acids is 1. The maximum Gasteiger partial charge on any atom is 0.329 e. The topological polar surface area (TPSA) is 72.9 Å². The van der Waals surface area contributed by atoms with E-state index in [1.165, 1.54) is 17.2 Å². The molecule has 2 heterocycles. The smallest absolute Gasteiger partial charge is 0.329 e. The summed E-state index contributed by atoms with van der Waals surface area (Å²) in [7, 11) is 0. The summed E-state index contributed by atoms with van der Waals surface area (Å²) < 4.78 is 0. The third kappa shape index (κ3) is 3.77. The van der Waals surface area contributed by atoms with Crippen LogP contribution in [0.4, 0.5) is 16.2 Å². The van der Waals surface area contributed by atoms with Crippen LogP contribution in [-0.4, -0.2) is 43.3 Å². The molecule has 2 aromatic rings. The molecular weight excluding hydrogens is 354 g/mol. The molecule has 0 radical (unpaired) electrons. The highest BCUT2D eigenvalue weighted by Crippen LogP contribution is 2.28. The zero-order valence-electron chi connectivity index (χ0n) is 15.6. The molecule has 0 atom stereocenters. The van der Waals surface area contributed by atoms with Crippen LogP contribution in [0.3, 0.4) is 0 Å². The van der Waals surface area contributed by atoms with E-state index < -0.39 is 5.97 Å². The molecule has 0 unspecified atom stereocenters. The standard InChI is InChI=1S/C22H23N3O3/c26-21(27)8-3-16-1-5-19(6-2-16)24-13-14-25(22(24)28)20-7-4-17-9-11-23-12-10-18(17)15-20/h1-8,15,23H,9-14H2,(H,26,27)/b8-3+. The Morgan fingerprint density at radius 2 is 1.57 bits per heavy atom. The largest absolute Gasteiger partial charge is 0.478 e. The first-order chi connectivity index (χ1) is 13.6. The number of carboxylic acids is 1. The van der Waals surface area contributed by atoms with Crippen LogP contribution in [0.2, 0.25) is 0 Å². The number of hydrogen-bond donors (Lipinski definition) is 2. The maximum atomic E-state index is 13.0. The zero-order chi connectivity index (χ0) is 19.5. The molecule has 2 aliphatic rings. The fraction of sp³-hybridized carbons (Fsp3) is 0.273. The molecule has 1 fully saturated rings. The molecule has 1 saturated heterocycles. The number of carboxylic acid groups (broad SMARTS) is 1. The van der Waals surface area contributed by atoms with Gasteiger partial charge in [0.15, 0.2) is 0 Å². The fourth-order valence-electron chi connectivity index (χ4n) is 3.78. The number of benzene rings is 2. The van der Waals surface area contributed by atoms with Crippen molar-refractivity contribution in [2.75, 3.05) is 36.0 Å². The number of urea groups is 1. The Hall–Kier alpha value is -3.12. The molecule has 2 aromatic carbocycles. The van der Waals surface area contributed by atoms with E-state index in [1.54, 1.807) is 4.90 Å². The van der Waals surface area contributed by atoms with Gasteiger partial charge in [-0.2, -0.15) is 0 Å². The Morgan fingerprint density at radius 3 is 2.29 bits per heavy atom. The maximum absolute atomic E-state index is 13.0. The fourth-order valence-corrected chi connectivity index (χ4v) is 3.78. The number of fused-ring (bicyclic) bond motifs is 1. The first-order valence-corrected chi connectivity index (χ1v) is 9.54. The Kier molecular flexibility index (Phi) is 5.12. The summed E-state index contributed by atoms with van der Waals surface area (Å²) in [6, 6.07) is 13.7. The van der Waals surface area contributed by atoms with E-state index in [2.05, 4.69) is 17.4 Å². The molecule has 2 aliphatic heterocycles. The van der Waals surface area contributed by atoms with Gasteiger partial charge in [0.25, 0.3) is 0 Å². The van der Waals surface area contributed by atoms with E-state index >= 15 is 0 Å². The van der Waals surface area contributed by atoms with Crippen molar-refractivity contribution >= 4 is 29.5 Å². The molecule has 144 valence electrons. The highest BCUT2D eigenvalue weighted by Gasteiger charge is 2.31. The van der Waals surface area contributed by atoms with Crippen molar-refractivity contribution in [1.82, 2.24) is 5.32 Å². The molecule has 0 aliphatic carbocycles. The lowest BCUT2D eigenvalue weighted by molar-refractivity contribution is -0.131. The monoisotopic (exact) mass is 377 g/mol. The number of rotatable bonds is 4. The van der Waals surface area contributed by atoms with Gasteiger partial charge in [0.2, 0.25) is 0 Å². The summed E-state index contributed by atoms with van der Waals surface area (Å²) in [6.45, 7) is 3.25. The van der Waals surface area contributed by atoms with Gasteiger partial charge in [-0.15, -0.1) is 0 Å². The van der Waals surface area contributed by atoms with Crippen molar-refractivity contribution < 1.29 is 14.7 Å². The van der Waals surface area contributed by atoms with Crippen LogP contribution in [0.1, 0.15) is 16.7 Å². The zero-order valence-corrected chi connectivity index (χ0v) is 15.6. The average Bonchev–Trinajstić information content (AvgIpc) is 2.93. The SMILES string of the molecule is O=C(O)/C=C/c1ccc(N2CCN(c3ccc4c(c3)CCNCC4)C2=O)cc1. The summed E-state index contributed by atoms with van der Waals surface area (Å²) in [5, 5.41) is 12.1. The summed E-state index contributed by atoms with van der Waals surface area (Å²) in [4.78, 5) is 27.2. The molecule has 0 aromatic heterocycles. The van der Waals surface area contributed by atoms with E-state index in [0.29, 0.717) is 13.1 Å². The lowest BCUT2D eigenvalue weighted by atomic mass is 10.0. The van der Waals surface area contributed by atoms with Gasteiger partial charge >= 0.3 is 12.0 Å². The van der Waals surface area contributed by atoms with Gasteiger partial charge in [-0.25, -0.2) is 9.59 Å². The molecule has 0 spiro atoms. The van der Waals surface area contributed by atoms with Crippen molar-refractivity contribution in [3.8, 4) is 0 Å². The van der Waals surface area contributed by atoms with Crippen LogP contribution in [0, 0.1) is 0 Å². The van der Waals surface area contributed by atoms with E-state index in [4.69, 9.17) is 5.11 Å². The second kappa shape index (κ2) is 7.86. The summed E-state index contributed by atoms with van der Waals surface area (Å²) >= 11 is 0. The molecular formula is C22H23N3O3. The predicted octanol–water partition coefficient (Wildman–Crippen LogP) is 2.92. The average molecular weight is 377 g/mol. The second-order valence-corrected chi connectivity index (χ2v) is 7.05. The van der Waals surface area contributed by atoms with E-state index in [0.717, 1.165) is 48.9 Å². The molecule has 2 N–H and O–H groups in total. The van der Waals surface area contributed by atoms with Crippen LogP contribution in [0.15, 0.2) is 48.5 Å². The molecule has 2 amide bonds. The number of amides is 2. The highest BCUT2D eigenvalue weighted by atomic mass is 16.4. The van der Waals surface area contributed by atoms with Crippen molar-refractivity contribution in [3.05, 3.63) is 65.2 Å². The van der Waals surface area contributed by atoms with E-state index in [1.807, 2.05) is 35.2 Å². The lowest BCUT2D eigenvalue weighted by Crippen LogP contribution is -2.31. The minimum Gasteiger partial charge on any atom is -0.478 e. The Labute approximate surface area is 164 Å². The molecule has 4 rings (SSSR count).